The summed E-state index contributed by atoms with van der Waals surface area (Å²) in [5.41, 5.74) is 7.65. The number of hydrogen-bond acceptors (Lipinski definition) is 3. The van der Waals surface area contributed by atoms with Gasteiger partial charge in [-0.2, -0.15) is 0 Å². The van der Waals surface area contributed by atoms with Gasteiger partial charge in [0.1, 0.15) is 6.67 Å². The minimum absolute atomic E-state index is 0.117. The van der Waals surface area contributed by atoms with Crippen LogP contribution in [-0.2, 0) is 11.5 Å². The van der Waals surface area contributed by atoms with E-state index in [-0.39, 0.29) is 17.9 Å². The van der Waals surface area contributed by atoms with Gasteiger partial charge in [0.15, 0.2) is 0 Å². The quantitative estimate of drug-likeness (QED) is 0.928. The molecule has 4 nitrogen and oxygen atoms in total. The minimum atomic E-state index is -0.433. The number of alkyl halides is 1. The first-order valence-corrected chi connectivity index (χ1v) is 8.11. The zero-order valence-corrected chi connectivity index (χ0v) is 12.9. The molecule has 2 heterocycles. The van der Waals surface area contributed by atoms with E-state index in [0.717, 1.165) is 44.6 Å². The molecule has 2 saturated heterocycles. The summed E-state index contributed by atoms with van der Waals surface area (Å²) in [5, 5.41) is 0. The fourth-order valence-electron chi connectivity index (χ4n) is 3.47. The highest BCUT2D eigenvalue weighted by molar-refractivity contribution is 5.79. The number of halogens is 1. The largest absolute Gasteiger partial charge is 0.371 e. The normalized spacial score (nSPS) is 23.1. The average Bonchev–Trinajstić information content (AvgIpc) is 3.01. The number of nitrogens with zero attached hydrogens (tertiary/aromatic N) is 2. The topological polar surface area (TPSA) is 49.6 Å². The lowest BCUT2D eigenvalue weighted by Gasteiger charge is -2.34. The number of likely N-dealkylation sites (tertiary alicyclic amines) is 1. The van der Waals surface area contributed by atoms with E-state index in [1.165, 1.54) is 0 Å². The second kappa shape index (κ2) is 6.65. The Morgan fingerprint density at radius 3 is 2.64 bits per heavy atom. The molecule has 1 amide bonds. The summed E-state index contributed by atoms with van der Waals surface area (Å²) in [7, 11) is 0. The minimum Gasteiger partial charge on any atom is -0.371 e. The number of hydrogen-bond donors (Lipinski definition) is 1. The van der Waals surface area contributed by atoms with Crippen LogP contribution in [0.4, 0.5) is 10.1 Å². The van der Waals surface area contributed by atoms with Gasteiger partial charge in [0.05, 0.1) is 0 Å². The molecule has 5 heteroatoms. The van der Waals surface area contributed by atoms with Crippen LogP contribution in [0.2, 0.25) is 0 Å². The van der Waals surface area contributed by atoms with Crippen LogP contribution in [0.1, 0.15) is 24.8 Å². The van der Waals surface area contributed by atoms with Crippen LogP contribution >= 0.6 is 0 Å². The van der Waals surface area contributed by atoms with Crippen LogP contribution in [0, 0.1) is 5.92 Å². The molecule has 2 fully saturated rings. The molecule has 22 heavy (non-hydrogen) atoms. The lowest BCUT2D eigenvalue weighted by atomic mass is 9.95. The fourth-order valence-corrected chi connectivity index (χ4v) is 3.47. The van der Waals surface area contributed by atoms with Crippen molar-refractivity contribution in [3.8, 4) is 0 Å². The highest BCUT2D eigenvalue weighted by Gasteiger charge is 2.31. The molecule has 1 atom stereocenters. The summed E-state index contributed by atoms with van der Waals surface area (Å²) in [4.78, 5) is 16.7. The predicted molar refractivity (Wildman–Crippen MR) is 85.4 cm³/mol. The van der Waals surface area contributed by atoms with Gasteiger partial charge in [0.25, 0.3) is 0 Å². The van der Waals surface area contributed by atoms with Gasteiger partial charge in [-0.15, -0.1) is 0 Å². The average molecular weight is 305 g/mol. The molecule has 0 radical (unpaired) electrons. The van der Waals surface area contributed by atoms with Crippen molar-refractivity contribution in [3.05, 3.63) is 29.8 Å². The van der Waals surface area contributed by atoms with Gasteiger partial charge in [0.2, 0.25) is 5.91 Å². The maximum absolute atomic E-state index is 12.8. The second-order valence-electron chi connectivity index (χ2n) is 6.40. The van der Waals surface area contributed by atoms with E-state index in [0.29, 0.717) is 12.1 Å². The number of piperidine rings is 1. The number of benzene rings is 1. The fraction of sp³-hybridized carbons (Fsp3) is 0.588. The van der Waals surface area contributed by atoms with Gasteiger partial charge in [-0.1, -0.05) is 12.1 Å². The summed E-state index contributed by atoms with van der Waals surface area (Å²) in [6.45, 7) is 2.78. The van der Waals surface area contributed by atoms with Crippen molar-refractivity contribution >= 4 is 11.6 Å². The van der Waals surface area contributed by atoms with E-state index in [4.69, 9.17) is 5.73 Å². The Balaban J connectivity index is 1.56. The first-order valence-electron chi connectivity index (χ1n) is 8.11. The molecule has 0 aliphatic carbocycles. The van der Waals surface area contributed by atoms with Crippen molar-refractivity contribution in [1.82, 2.24) is 4.90 Å². The number of anilines is 1. The standard InChI is InChI=1S/C17H24FN3O/c18-11-13-2-1-3-16(10-13)20-7-4-14(5-8-20)17(22)21-9-6-15(19)12-21/h1-3,10,14-15H,4-9,11-12,19H2. The molecule has 0 bridgehead atoms. The molecule has 0 saturated carbocycles. The van der Waals surface area contributed by atoms with E-state index in [1.807, 2.05) is 23.1 Å². The number of nitrogens with two attached hydrogens (primary N) is 1. The molecule has 1 aromatic rings. The van der Waals surface area contributed by atoms with Crippen LogP contribution in [-0.4, -0.2) is 43.0 Å². The summed E-state index contributed by atoms with van der Waals surface area (Å²) in [6.07, 6.45) is 2.65. The van der Waals surface area contributed by atoms with E-state index in [9.17, 15) is 9.18 Å². The third-order valence-electron chi connectivity index (χ3n) is 4.81. The van der Waals surface area contributed by atoms with Gasteiger partial charge in [-0.25, -0.2) is 4.39 Å². The lowest BCUT2D eigenvalue weighted by Crippen LogP contribution is -2.42. The van der Waals surface area contributed by atoms with Crippen LogP contribution in [0.25, 0.3) is 0 Å². The maximum Gasteiger partial charge on any atom is 0.225 e. The molecule has 2 aliphatic heterocycles. The summed E-state index contributed by atoms with van der Waals surface area (Å²) < 4.78 is 12.8. The van der Waals surface area contributed by atoms with Gasteiger partial charge >= 0.3 is 0 Å². The summed E-state index contributed by atoms with van der Waals surface area (Å²) in [5.74, 6) is 0.385. The first-order chi connectivity index (χ1) is 10.7. The lowest BCUT2D eigenvalue weighted by molar-refractivity contribution is -0.135. The van der Waals surface area contributed by atoms with Crippen molar-refractivity contribution < 1.29 is 9.18 Å². The zero-order chi connectivity index (χ0) is 15.5. The third kappa shape index (κ3) is 3.24. The molecule has 2 N–H and O–H groups in total. The predicted octanol–water partition coefficient (Wildman–Crippen LogP) is 1.93. The molecular formula is C17H24FN3O. The molecule has 2 aliphatic rings. The first kappa shape index (κ1) is 15.3. The van der Waals surface area contributed by atoms with Gasteiger partial charge in [0, 0.05) is 43.8 Å². The Morgan fingerprint density at radius 1 is 1.23 bits per heavy atom. The summed E-state index contributed by atoms with van der Waals surface area (Å²) >= 11 is 0. The number of carbonyl (C=O) groups excluding carboxylic acids is 1. The second-order valence-corrected chi connectivity index (χ2v) is 6.40. The Kier molecular flexibility index (Phi) is 4.62. The smallest absolute Gasteiger partial charge is 0.225 e. The van der Waals surface area contributed by atoms with Crippen LogP contribution < -0.4 is 10.6 Å². The van der Waals surface area contributed by atoms with Gasteiger partial charge < -0.3 is 15.5 Å². The van der Waals surface area contributed by atoms with Crippen LogP contribution in [0.3, 0.4) is 0 Å². The van der Waals surface area contributed by atoms with E-state index >= 15 is 0 Å². The van der Waals surface area contributed by atoms with E-state index in [2.05, 4.69) is 4.90 Å². The van der Waals surface area contributed by atoms with Crippen molar-refractivity contribution in [2.75, 3.05) is 31.1 Å². The van der Waals surface area contributed by atoms with Crippen molar-refractivity contribution in [1.29, 1.82) is 0 Å². The monoisotopic (exact) mass is 305 g/mol. The van der Waals surface area contributed by atoms with Crippen molar-refractivity contribution in [2.45, 2.75) is 32.0 Å². The third-order valence-corrected chi connectivity index (χ3v) is 4.81. The van der Waals surface area contributed by atoms with E-state index in [1.54, 1.807) is 6.07 Å². The van der Waals surface area contributed by atoms with Crippen molar-refractivity contribution in [3.63, 3.8) is 0 Å². The maximum atomic E-state index is 12.8. The molecular weight excluding hydrogens is 281 g/mol. The Labute approximate surface area is 131 Å². The molecule has 1 unspecified atom stereocenters. The Bertz CT molecular complexity index is 528. The molecule has 120 valence electrons. The molecule has 0 spiro atoms. The summed E-state index contributed by atoms with van der Waals surface area (Å²) in [6, 6.07) is 7.76. The number of amides is 1. The van der Waals surface area contributed by atoms with Crippen molar-refractivity contribution in [2.24, 2.45) is 11.7 Å². The van der Waals surface area contributed by atoms with E-state index < -0.39 is 6.67 Å². The Morgan fingerprint density at radius 2 is 2.00 bits per heavy atom. The highest BCUT2D eigenvalue weighted by atomic mass is 19.1. The van der Waals surface area contributed by atoms with Gasteiger partial charge in [-0.05, 0) is 37.0 Å². The van der Waals surface area contributed by atoms with Gasteiger partial charge in [-0.3, -0.25) is 4.79 Å². The molecule has 0 aromatic heterocycles. The molecule has 1 aromatic carbocycles. The highest BCUT2D eigenvalue weighted by Crippen LogP contribution is 2.26. The number of rotatable bonds is 3. The zero-order valence-electron chi connectivity index (χ0n) is 12.9. The van der Waals surface area contributed by atoms with Crippen LogP contribution in [0.5, 0.6) is 0 Å². The Hall–Kier alpha value is -1.62. The van der Waals surface area contributed by atoms with Crippen LogP contribution in [0.15, 0.2) is 24.3 Å². The SMILES string of the molecule is NC1CCN(C(=O)C2CCN(c3cccc(CF)c3)CC2)C1. The molecule has 3 rings (SSSR count). The number of carbonyl (C=O) groups is 1.